The predicted octanol–water partition coefficient (Wildman–Crippen LogP) is 15.0. The Labute approximate surface area is 397 Å². The molecule has 3 aromatic heterocycles. The molecule has 3 nitrogen and oxygen atoms in total. The quantitative estimate of drug-likeness (QED) is 0.161. The Morgan fingerprint density at radius 1 is 0.522 bits per heavy atom. The molecule has 0 amide bonds. The number of thiophene rings is 1. The lowest BCUT2D eigenvalue weighted by Crippen LogP contribution is -2.59. The van der Waals surface area contributed by atoms with Gasteiger partial charge in [0.1, 0.15) is 0 Å². The van der Waals surface area contributed by atoms with E-state index in [4.69, 9.17) is 0 Å². The van der Waals surface area contributed by atoms with Gasteiger partial charge >= 0.3 is 0 Å². The Kier molecular flexibility index (Phi) is 7.88. The van der Waals surface area contributed by atoms with Gasteiger partial charge in [0.25, 0.3) is 6.71 Å². The summed E-state index contributed by atoms with van der Waals surface area (Å²) < 4.78 is 7.95. The lowest BCUT2D eigenvalue weighted by atomic mass is 9.36. The van der Waals surface area contributed by atoms with Gasteiger partial charge in [0.2, 0.25) is 0 Å². The highest BCUT2D eigenvalue weighted by Gasteiger charge is 2.46. The smallest absolute Gasteiger partial charge is 0.264 e. The van der Waals surface area contributed by atoms with Crippen molar-refractivity contribution in [3.05, 3.63) is 180 Å². The van der Waals surface area contributed by atoms with Crippen LogP contribution in [0.1, 0.15) is 78.0 Å². The Hall–Kier alpha value is -6.82. The normalized spacial score (nSPS) is 15.7. The van der Waals surface area contributed by atoms with Gasteiger partial charge in [-0.2, -0.15) is 0 Å². The number of hydrogen-bond acceptors (Lipinski definition) is 2. The molecule has 5 heteroatoms. The summed E-state index contributed by atoms with van der Waals surface area (Å²) in [4.78, 5) is 2.69. The molecule has 5 heterocycles. The second-order valence-corrected chi connectivity index (χ2v) is 23.0. The number of rotatable bonds is 3. The number of nitrogens with zero attached hydrogens (tertiary/aromatic N) is 3. The van der Waals surface area contributed by atoms with Gasteiger partial charge in [0.05, 0.1) is 22.2 Å². The van der Waals surface area contributed by atoms with Crippen LogP contribution in [-0.2, 0) is 16.2 Å². The highest BCUT2D eigenvalue weighted by atomic mass is 32.1. The lowest BCUT2D eigenvalue weighted by Gasteiger charge is -2.43. The summed E-state index contributed by atoms with van der Waals surface area (Å²) in [5, 5.41) is 6.48. The minimum Gasteiger partial charge on any atom is -0.310 e. The fraction of sp³-hybridized carbons (Fsp3) is 0.194. The molecule has 0 radical (unpaired) electrons. The van der Waals surface area contributed by atoms with Crippen LogP contribution in [0.2, 0.25) is 0 Å². The molecule has 14 rings (SSSR count). The van der Waals surface area contributed by atoms with E-state index < -0.39 is 0 Å². The summed E-state index contributed by atoms with van der Waals surface area (Å²) in [5.41, 5.74) is 21.1. The second kappa shape index (κ2) is 13.4. The third kappa shape index (κ3) is 5.35. The second-order valence-electron chi connectivity index (χ2n) is 22.0. The fourth-order valence-corrected chi connectivity index (χ4v) is 13.9. The van der Waals surface area contributed by atoms with Crippen LogP contribution in [0.25, 0.3) is 76.2 Å². The van der Waals surface area contributed by atoms with E-state index in [1.165, 1.54) is 138 Å². The van der Waals surface area contributed by atoms with E-state index >= 15 is 0 Å². The van der Waals surface area contributed by atoms with Gasteiger partial charge in [-0.3, -0.25) is 0 Å². The van der Waals surface area contributed by atoms with Crippen LogP contribution in [-0.4, -0.2) is 15.8 Å². The maximum absolute atomic E-state index is 2.69. The van der Waals surface area contributed by atoms with E-state index in [0.717, 1.165) is 0 Å². The van der Waals surface area contributed by atoms with Crippen LogP contribution < -0.4 is 20.6 Å². The first kappa shape index (κ1) is 39.4. The molecule has 324 valence electrons. The van der Waals surface area contributed by atoms with Crippen molar-refractivity contribution in [1.29, 1.82) is 0 Å². The molecule has 67 heavy (non-hydrogen) atoms. The Morgan fingerprint density at radius 2 is 1.22 bits per heavy atom. The van der Waals surface area contributed by atoms with Gasteiger partial charge < -0.3 is 14.0 Å². The largest absolute Gasteiger partial charge is 0.310 e. The first-order chi connectivity index (χ1) is 32.4. The number of benzene rings is 8. The van der Waals surface area contributed by atoms with E-state index in [-0.39, 0.29) is 23.0 Å². The zero-order valence-electron chi connectivity index (χ0n) is 39.3. The molecule has 0 saturated carbocycles. The minimum absolute atomic E-state index is 0.0287. The third-order valence-corrected chi connectivity index (χ3v) is 17.3. The van der Waals surface area contributed by atoms with Gasteiger partial charge in [-0.25, -0.2) is 0 Å². The van der Waals surface area contributed by atoms with Crippen molar-refractivity contribution in [3.8, 4) is 22.5 Å². The third-order valence-electron chi connectivity index (χ3n) is 16.1. The molecule has 0 unspecified atom stereocenters. The van der Waals surface area contributed by atoms with Gasteiger partial charge in [0.15, 0.2) is 0 Å². The van der Waals surface area contributed by atoms with Crippen LogP contribution in [0.5, 0.6) is 0 Å². The molecule has 3 aliphatic rings. The molecule has 0 bridgehead atoms. The summed E-state index contributed by atoms with van der Waals surface area (Å²) >= 11 is 2.01. The summed E-state index contributed by atoms with van der Waals surface area (Å²) in [5.74, 6) is 0. The molecule has 8 aromatic carbocycles. The van der Waals surface area contributed by atoms with E-state index in [1.807, 2.05) is 11.3 Å². The molecular formula is C62H52BN3S. The topological polar surface area (TPSA) is 13.1 Å². The highest BCUT2D eigenvalue weighted by Crippen LogP contribution is 2.52. The maximum atomic E-state index is 2.69. The van der Waals surface area contributed by atoms with E-state index in [2.05, 4.69) is 226 Å². The van der Waals surface area contributed by atoms with Crippen LogP contribution >= 0.6 is 11.3 Å². The Balaban J connectivity index is 1.16. The zero-order chi connectivity index (χ0) is 45.3. The predicted molar refractivity (Wildman–Crippen MR) is 289 cm³/mol. The van der Waals surface area contributed by atoms with Crippen molar-refractivity contribution in [1.82, 2.24) is 9.13 Å². The molecular weight excluding hydrogens is 830 g/mol. The highest BCUT2D eigenvalue weighted by molar-refractivity contribution is 7.33. The SMILES string of the molecule is CC(C)(C)c1ccc2c3c(sc2c1)B1c2c(cc(-c4ccccc4)cc2-n2c4ccc5c6ccccc6n(-c6ccccc6)c5c4c4cccc1c42)N3c1ccc2c(c1)C(C)(C)CCC2(C)C. The molecule has 0 saturated heterocycles. The summed E-state index contributed by atoms with van der Waals surface area (Å²) in [6, 6.07) is 62.8. The standard InChI is InChI=1S/C62H52BN3S/c1-60(2,3)39-25-27-44-53(35-39)67-59-58(44)65(41-26-29-46-47(36-41)62(6,7)32-31-61(46,4)5)51-33-38(37-17-10-8-11-18-37)34-52-55(51)63(59)48-23-16-22-45-54-50(66(52)56(45)48)30-28-43-42-21-14-15-24-49(42)64(57(43)54)40-19-12-9-13-20-40/h8-30,33-36H,31-32H2,1-7H3. The van der Waals surface area contributed by atoms with E-state index in [0.29, 0.717) is 0 Å². The molecule has 0 spiro atoms. The van der Waals surface area contributed by atoms with Crippen LogP contribution in [0, 0.1) is 0 Å². The van der Waals surface area contributed by atoms with Crippen molar-refractivity contribution in [2.75, 3.05) is 4.90 Å². The van der Waals surface area contributed by atoms with E-state index in [9.17, 15) is 0 Å². The molecule has 0 atom stereocenters. The molecule has 0 N–H and O–H groups in total. The first-order valence-corrected chi connectivity index (χ1v) is 25.0. The molecule has 11 aromatic rings. The number of para-hydroxylation sites is 3. The van der Waals surface area contributed by atoms with Crippen molar-refractivity contribution in [2.45, 2.75) is 77.6 Å². The molecule has 2 aliphatic heterocycles. The molecule has 1 aliphatic carbocycles. The monoisotopic (exact) mass is 881 g/mol. The Morgan fingerprint density at radius 3 is 2.01 bits per heavy atom. The minimum atomic E-state index is 0.0287. The van der Waals surface area contributed by atoms with Crippen molar-refractivity contribution in [3.63, 3.8) is 0 Å². The zero-order valence-corrected chi connectivity index (χ0v) is 40.1. The number of hydrogen-bond donors (Lipinski definition) is 0. The Bertz CT molecular complexity index is 3910. The van der Waals surface area contributed by atoms with Crippen molar-refractivity contribution < 1.29 is 0 Å². The number of anilines is 3. The number of aromatic nitrogens is 2. The number of fused-ring (bicyclic) bond motifs is 14. The fourth-order valence-electron chi connectivity index (χ4n) is 12.6. The van der Waals surface area contributed by atoms with E-state index in [1.54, 1.807) is 0 Å². The van der Waals surface area contributed by atoms with Gasteiger partial charge in [0, 0.05) is 64.7 Å². The lowest BCUT2D eigenvalue weighted by molar-refractivity contribution is 0.332. The maximum Gasteiger partial charge on any atom is 0.264 e. The van der Waals surface area contributed by atoms with Crippen LogP contribution in [0.3, 0.4) is 0 Å². The average molecular weight is 882 g/mol. The van der Waals surface area contributed by atoms with Crippen LogP contribution in [0.15, 0.2) is 164 Å². The van der Waals surface area contributed by atoms with Gasteiger partial charge in [-0.05, 0) is 122 Å². The van der Waals surface area contributed by atoms with Gasteiger partial charge in [-0.15, -0.1) is 11.3 Å². The summed E-state index contributed by atoms with van der Waals surface area (Å²) in [7, 11) is 0. The molecule has 0 fully saturated rings. The van der Waals surface area contributed by atoms with Crippen LogP contribution in [0.4, 0.5) is 17.1 Å². The summed E-state index contributed by atoms with van der Waals surface area (Å²) in [6.07, 6.45) is 2.36. The van der Waals surface area contributed by atoms with Crippen molar-refractivity contribution in [2.24, 2.45) is 0 Å². The summed E-state index contributed by atoms with van der Waals surface area (Å²) in [6.45, 7) is 16.9. The van der Waals surface area contributed by atoms with Gasteiger partial charge in [-0.1, -0.05) is 158 Å². The van der Waals surface area contributed by atoms with Crippen molar-refractivity contribution >= 4 is 105 Å². The first-order valence-electron chi connectivity index (χ1n) is 24.2. The average Bonchev–Trinajstić information content (AvgIpc) is 4.00.